The van der Waals surface area contributed by atoms with E-state index in [9.17, 15) is 9.70 Å². The summed E-state index contributed by atoms with van der Waals surface area (Å²) in [6.45, 7) is 4.66. The number of hydrogen-bond acceptors (Lipinski definition) is 3. The Morgan fingerprint density at radius 2 is 1.82 bits per heavy atom. The van der Waals surface area contributed by atoms with Crippen molar-refractivity contribution in [1.29, 1.82) is 0 Å². The molecule has 6 atom stereocenters. The average molecular weight is 301 g/mol. The van der Waals surface area contributed by atoms with Gasteiger partial charge in [-0.05, 0) is 68.1 Å². The van der Waals surface area contributed by atoms with E-state index in [4.69, 9.17) is 0 Å². The number of hydrogen-bond donors (Lipinski definition) is 0. The van der Waals surface area contributed by atoms with Crippen molar-refractivity contribution in [3.63, 3.8) is 0 Å². The standard InChI is InChI=1S/C19H27NO2/c1-18-9-7-13(20-22)11-12(18)3-4-14-15-5-6-17(21)19(15,2)10-8-16(14)18/h3,13-16H,4-11H2,1-2H3/t13-,14?,15?,16?,18-,19-/m0/s1. The zero-order valence-corrected chi connectivity index (χ0v) is 13.8. The largest absolute Gasteiger partial charge is 0.299 e. The molecule has 3 unspecified atom stereocenters. The van der Waals surface area contributed by atoms with Crippen LogP contribution in [0, 0.1) is 33.5 Å². The molecule has 0 spiro atoms. The van der Waals surface area contributed by atoms with Gasteiger partial charge in [0.25, 0.3) is 0 Å². The van der Waals surface area contributed by atoms with Crippen molar-refractivity contribution in [3.8, 4) is 0 Å². The molecular formula is C19H27NO2. The number of carbonyl (C=O) groups excluding carboxylic acids is 1. The second-order valence-electron chi connectivity index (χ2n) is 8.68. The highest BCUT2D eigenvalue weighted by atomic mass is 16.3. The summed E-state index contributed by atoms with van der Waals surface area (Å²) in [6, 6.07) is -0.00205. The maximum absolute atomic E-state index is 12.4. The van der Waals surface area contributed by atoms with Gasteiger partial charge in [-0.2, -0.15) is 4.91 Å². The number of nitroso groups, excluding NO2 is 1. The molecule has 4 aliphatic rings. The van der Waals surface area contributed by atoms with Gasteiger partial charge in [0.1, 0.15) is 5.78 Å². The first-order valence-electron chi connectivity index (χ1n) is 9.04. The van der Waals surface area contributed by atoms with Gasteiger partial charge in [0.2, 0.25) is 0 Å². The number of ketones is 1. The van der Waals surface area contributed by atoms with Gasteiger partial charge in [-0.1, -0.05) is 30.7 Å². The summed E-state index contributed by atoms with van der Waals surface area (Å²) in [5.74, 6) is 2.50. The summed E-state index contributed by atoms with van der Waals surface area (Å²) in [4.78, 5) is 23.3. The molecule has 0 saturated heterocycles. The smallest absolute Gasteiger partial charge is 0.139 e. The number of carbonyl (C=O) groups is 1. The molecule has 0 aromatic heterocycles. The minimum absolute atomic E-state index is 0.00205. The molecule has 4 rings (SSSR count). The van der Waals surface area contributed by atoms with Crippen LogP contribution in [0.2, 0.25) is 0 Å². The van der Waals surface area contributed by atoms with Crippen molar-refractivity contribution in [1.82, 2.24) is 0 Å². The number of rotatable bonds is 1. The molecule has 0 heterocycles. The van der Waals surface area contributed by atoms with Crippen LogP contribution in [-0.2, 0) is 4.79 Å². The van der Waals surface area contributed by atoms with E-state index in [2.05, 4.69) is 25.1 Å². The minimum atomic E-state index is -0.0373. The molecule has 3 saturated carbocycles. The molecule has 0 bridgehead atoms. The highest BCUT2D eigenvalue weighted by Crippen LogP contribution is 2.64. The Morgan fingerprint density at radius 1 is 1.09 bits per heavy atom. The molecule has 0 radical (unpaired) electrons. The fraction of sp³-hybridized carbons (Fsp3) is 0.842. The summed E-state index contributed by atoms with van der Waals surface area (Å²) < 4.78 is 0. The van der Waals surface area contributed by atoms with Crippen LogP contribution in [0.5, 0.6) is 0 Å². The Bertz CT molecular complexity index is 554. The summed E-state index contributed by atoms with van der Waals surface area (Å²) in [6.07, 6.45) is 10.6. The zero-order chi connectivity index (χ0) is 15.5. The van der Waals surface area contributed by atoms with Crippen molar-refractivity contribution < 1.29 is 4.79 Å². The van der Waals surface area contributed by atoms with Crippen LogP contribution < -0.4 is 0 Å². The lowest BCUT2D eigenvalue weighted by Gasteiger charge is -2.56. The van der Waals surface area contributed by atoms with Crippen LogP contribution in [0.3, 0.4) is 0 Å². The lowest BCUT2D eigenvalue weighted by molar-refractivity contribution is -0.131. The third kappa shape index (κ3) is 1.77. The predicted molar refractivity (Wildman–Crippen MR) is 86.3 cm³/mol. The van der Waals surface area contributed by atoms with Crippen LogP contribution in [0.15, 0.2) is 16.8 Å². The van der Waals surface area contributed by atoms with Crippen LogP contribution in [0.25, 0.3) is 0 Å². The molecule has 0 N–H and O–H groups in total. The highest BCUT2D eigenvalue weighted by molar-refractivity contribution is 5.87. The quantitative estimate of drug-likeness (QED) is 0.522. The average Bonchev–Trinajstić information content (AvgIpc) is 2.82. The van der Waals surface area contributed by atoms with Gasteiger partial charge in [0.15, 0.2) is 0 Å². The van der Waals surface area contributed by atoms with Crippen molar-refractivity contribution in [2.75, 3.05) is 0 Å². The molecule has 4 aliphatic carbocycles. The summed E-state index contributed by atoms with van der Waals surface area (Å²) >= 11 is 0. The second-order valence-corrected chi connectivity index (χ2v) is 8.68. The molecule has 0 aromatic rings. The van der Waals surface area contributed by atoms with Gasteiger partial charge < -0.3 is 0 Å². The van der Waals surface area contributed by atoms with E-state index in [1.807, 2.05) is 0 Å². The molecule has 0 aliphatic heterocycles. The van der Waals surface area contributed by atoms with E-state index in [-0.39, 0.29) is 16.9 Å². The highest BCUT2D eigenvalue weighted by Gasteiger charge is 2.58. The molecule has 120 valence electrons. The Balaban J connectivity index is 1.67. The maximum Gasteiger partial charge on any atom is 0.139 e. The van der Waals surface area contributed by atoms with Gasteiger partial charge in [-0.3, -0.25) is 4.79 Å². The van der Waals surface area contributed by atoms with Crippen molar-refractivity contribution in [2.45, 2.75) is 71.3 Å². The van der Waals surface area contributed by atoms with E-state index >= 15 is 0 Å². The summed E-state index contributed by atoms with van der Waals surface area (Å²) in [7, 11) is 0. The van der Waals surface area contributed by atoms with Crippen LogP contribution in [0.1, 0.15) is 65.2 Å². The molecule has 0 aromatic carbocycles. The normalized spacial score (nSPS) is 50.6. The summed E-state index contributed by atoms with van der Waals surface area (Å²) in [5, 5.41) is 3.31. The second kappa shape index (κ2) is 4.75. The van der Waals surface area contributed by atoms with E-state index in [0.29, 0.717) is 23.5 Å². The predicted octanol–water partition coefficient (Wildman–Crippen LogP) is 4.65. The molecular weight excluding hydrogens is 274 g/mol. The number of fused-ring (bicyclic) bond motifs is 5. The first-order chi connectivity index (χ1) is 10.5. The topological polar surface area (TPSA) is 46.5 Å². The van der Waals surface area contributed by atoms with Gasteiger partial charge in [0, 0.05) is 11.8 Å². The van der Waals surface area contributed by atoms with Crippen molar-refractivity contribution in [2.24, 2.45) is 33.8 Å². The summed E-state index contributed by atoms with van der Waals surface area (Å²) in [5.41, 5.74) is 1.72. The first kappa shape index (κ1) is 14.6. The van der Waals surface area contributed by atoms with Crippen molar-refractivity contribution >= 4 is 5.78 Å². The molecule has 0 amide bonds. The number of allylic oxidation sites excluding steroid dienone is 1. The molecule has 22 heavy (non-hydrogen) atoms. The fourth-order valence-electron chi connectivity index (χ4n) is 6.50. The minimum Gasteiger partial charge on any atom is -0.299 e. The number of nitrogens with zero attached hydrogens (tertiary/aromatic N) is 1. The maximum atomic E-state index is 12.4. The van der Waals surface area contributed by atoms with Crippen LogP contribution in [0.4, 0.5) is 0 Å². The molecule has 3 nitrogen and oxygen atoms in total. The first-order valence-corrected chi connectivity index (χ1v) is 9.04. The van der Waals surface area contributed by atoms with Gasteiger partial charge >= 0.3 is 0 Å². The zero-order valence-electron chi connectivity index (χ0n) is 13.8. The van der Waals surface area contributed by atoms with Crippen LogP contribution >= 0.6 is 0 Å². The molecule has 3 heteroatoms. The number of Topliss-reactive ketones (excluding diaryl/α,β-unsaturated/α-hetero) is 1. The van der Waals surface area contributed by atoms with Gasteiger partial charge in [-0.25, -0.2) is 0 Å². The Kier molecular flexibility index (Phi) is 3.15. The third-order valence-electron chi connectivity index (χ3n) is 7.94. The lowest BCUT2D eigenvalue weighted by Crippen LogP contribution is -2.50. The Hall–Kier alpha value is -0.990. The monoisotopic (exact) mass is 301 g/mol. The molecule has 3 fully saturated rings. The fourth-order valence-corrected chi connectivity index (χ4v) is 6.50. The van der Waals surface area contributed by atoms with Crippen LogP contribution in [-0.4, -0.2) is 11.8 Å². The van der Waals surface area contributed by atoms with Gasteiger partial charge in [-0.15, -0.1) is 0 Å². The van der Waals surface area contributed by atoms with E-state index < -0.39 is 0 Å². The van der Waals surface area contributed by atoms with Gasteiger partial charge in [0.05, 0.1) is 6.04 Å². The third-order valence-corrected chi connectivity index (χ3v) is 7.94. The Morgan fingerprint density at radius 3 is 2.59 bits per heavy atom. The van der Waals surface area contributed by atoms with E-state index in [0.717, 1.165) is 44.9 Å². The SMILES string of the molecule is C[C@]12CC[C@H](N=O)CC1=CCC1C2CC[C@]2(C)C(=O)CCC12. The van der Waals surface area contributed by atoms with E-state index in [1.54, 1.807) is 0 Å². The van der Waals surface area contributed by atoms with Crippen molar-refractivity contribution in [3.05, 3.63) is 16.6 Å². The Labute approximate surface area is 132 Å². The lowest BCUT2D eigenvalue weighted by atomic mass is 9.48. The van der Waals surface area contributed by atoms with E-state index in [1.165, 1.54) is 12.0 Å².